The van der Waals surface area contributed by atoms with Gasteiger partial charge in [0.25, 0.3) is 5.91 Å². The molecule has 1 aromatic carbocycles. The summed E-state index contributed by atoms with van der Waals surface area (Å²) in [6.07, 6.45) is 0.690. The molecule has 0 fully saturated rings. The molecule has 5 heteroatoms. The van der Waals surface area contributed by atoms with Crippen LogP contribution in [0.1, 0.15) is 41.8 Å². The smallest absolute Gasteiger partial charge is 0.287 e. The Hall–Kier alpha value is -2.17. The second-order valence-electron chi connectivity index (χ2n) is 4.48. The van der Waals surface area contributed by atoms with Crippen LogP contribution in [-0.4, -0.2) is 5.91 Å². The summed E-state index contributed by atoms with van der Waals surface area (Å²) in [5, 5.41) is 2.62. The second-order valence-corrected chi connectivity index (χ2v) is 4.48. The molecule has 106 valence electrons. The van der Waals surface area contributed by atoms with Crippen LogP contribution in [0.25, 0.3) is 0 Å². The Labute approximate surface area is 115 Å². The van der Waals surface area contributed by atoms with Crippen LogP contribution in [-0.2, 0) is 6.42 Å². The van der Waals surface area contributed by atoms with Gasteiger partial charge in [-0.15, -0.1) is 0 Å². The van der Waals surface area contributed by atoms with Gasteiger partial charge in [0.05, 0.1) is 6.04 Å². The predicted octanol–water partition coefficient (Wildman–Crippen LogP) is 3.61. The number of halogens is 2. The van der Waals surface area contributed by atoms with Crippen molar-refractivity contribution in [2.75, 3.05) is 0 Å². The highest BCUT2D eigenvalue weighted by atomic mass is 19.1. The van der Waals surface area contributed by atoms with Crippen molar-refractivity contribution in [1.82, 2.24) is 5.32 Å². The molecule has 2 rings (SSSR count). The summed E-state index contributed by atoms with van der Waals surface area (Å²) in [5.41, 5.74) is 0.224. The lowest BCUT2D eigenvalue weighted by Crippen LogP contribution is -2.26. The fraction of sp³-hybridized carbons (Fsp3) is 0.267. The molecule has 20 heavy (non-hydrogen) atoms. The number of aryl methyl sites for hydroxylation is 1. The zero-order chi connectivity index (χ0) is 14.7. The Morgan fingerprint density at radius 1 is 1.30 bits per heavy atom. The Morgan fingerprint density at radius 2 is 2.05 bits per heavy atom. The summed E-state index contributed by atoms with van der Waals surface area (Å²) < 4.78 is 31.8. The second kappa shape index (κ2) is 5.86. The predicted molar refractivity (Wildman–Crippen MR) is 70.3 cm³/mol. The van der Waals surface area contributed by atoms with E-state index in [9.17, 15) is 13.6 Å². The fourth-order valence-electron chi connectivity index (χ4n) is 1.89. The summed E-state index contributed by atoms with van der Waals surface area (Å²) in [7, 11) is 0. The molecule has 2 aromatic rings. The Morgan fingerprint density at radius 3 is 2.65 bits per heavy atom. The van der Waals surface area contributed by atoms with Crippen molar-refractivity contribution >= 4 is 5.91 Å². The molecule has 0 saturated heterocycles. The van der Waals surface area contributed by atoms with Crippen LogP contribution in [0.15, 0.2) is 34.7 Å². The van der Waals surface area contributed by atoms with Gasteiger partial charge in [-0.25, -0.2) is 8.78 Å². The van der Waals surface area contributed by atoms with Crippen LogP contribution in [0.2, 0.25) is 0 Å². The average Bonchev–Trinajstić information content (AvgIpc) is 2.87. The number of amides is 1. The van der Waals surface area contributed by atoms with E-state index < -0.39 is 23.6 Å². The van der Waals surface area contributed by atoms with Gasteiger partial charge in [-0.2, -0.15) is 0 Å². The maximum absolute atomic E-state index is 13.6. The molecule has 0 spiro atoms. The van der Waals surface area contributed by atoms with Crippen molar-refractivity contribution < 1.29 is 18.0 Å². The molecule has 0 aliphatic carbocycles. The van der Waals surface area contributed by atoms with E-state index in [-0.39, 0.29) is 11.3 Å². The number of benzene rings is 1. The molecular weight excluding hydrogens is 264 g/mol. The lowest BCUT2D eigenvalue weighted by molar-refractivity contribution is 0.0909. The standard InChI is InChI=1S/C15H15F2NO2/c1-3-11-5-7-14(20-11)15(19)18-9(2)12-6-4-10(16)8-13(12)17/h4-9H,3H2,1-2H3,(H,18,19). The lowest BCUT2D eigenvalue weighted by Gasteiger charge is -2.14. The van der Waals surface area contributed by atoms with Crippen LogP contribution >= 0.6 is 0 Å². The monoisotopic (exact) mass is 279 g/mol. The van der Waals surface area contributed by atoms with E-state index in [0.29, 0.717) is 12.2 Å². The zero-order valence-corrected chi connectivity index (χ0v) is 11.2. The maximum atomic E-state index is 13.6. The van der Waals surface area contributed by atoms with Crippen molar-refractivity contribution in [3.63, 3.8) is 0 Å². The van der Waals surface area contributed by atoms with Crippen LogP contribution in [0.5, 0.6) is 0 Å². The van der Waals surface area contributed by atoms with Crippen LogP contribution in [0, 0.1) is 11.6 Å². The molecule has 1 amide bonds. The van der Waals surface area contributed by atoms with Gasteiger partial charge in [-0.3, -0.25) is 4.79 Å². The van der Waals surface area contributed by atoms with Crippen LogP contribution in [0.3, 0.4) is 0 Å². The molecule has 1 N–H and O–H groups in total. The molecule has 3 nitrogen and oxygen atoms in total. The molecule has 0 radical (unpaired) electrons. The van der Waals surface area contributed by atoms with E-state index in [1.54, 1.807) is 19.1 Å². The Kier molecular flexibility index (Phi) is 4.17. The van der Waals surface area contributed by atoms with Gasteiger partial charge < -0.3 is 9.73 Å². The Bertz CT molecular complexity index is 622. The van der Waals surface area contributed by atoms with Gasteiger partial charge in [-0.05, 0) is 25.1 Å². The highest BCUT2D eigenvalue weighted by Gasteiger charge is 2.17. The van der Waals surface area contributed by atoms with Gasteiger partial charge in [0, 0.05) is 18.1 Å². The quantitative estimate of drug-likeness (QED) is 0.929. The third kappa shape index (κ3) is 3.04. The summed E-state index contributed by atoms with van der Waals surface area (Å²) in [5.74, 6) is -0.886. The van der Waals surface area contributed by atoms with E-state index in [4.69, 9.17) is 4.42 Å². The average molecular weight is 279 g/mol. The van der Waals surface area contributed by atoms with Gasteiger partial charge in [0.15, 0.2) is 5.76 Å². The van der Waals surface area contributed by atoms with Crippen molar-refractivity contribution in [3.05, 3.63) is 59.1 Å². The van der Waals surface area contributed by atoms with E-state index in [1.165, 1.54) is 6.07 Å². The van der Waals surface area contributed by atoms with Crippen molar-refractivity contribution in [2.45, 2.75) is 26.3 Å². The molecule has 1 heterocycles. The molecule has 0 aliphatic heterocycles. The third-order valence-corrected chi connectivity index (χ3v) is 3.01. The number of carbonyl (C=O) groups excluding carboxylic acids is 1. The van der Waals surface area contributed by atoms with Crippen molar-refractivity contribution in [1.29, 1.82) is 0 Å². The van der Waals surface area contributed by atoms with Gasteiger partial charge in [0.1, 0.15) is 17.4 Å². The summed E-state index contributed by atoms with van der Waals surface area (Å²) >= 11 is 0. The largest absolute Gasteiger partial charge is 0.456 e. The summed E-state index contributed by atoms with van der Waals surface area (Å²) in [6.45, 7) is 3.54. The minimum absolute atomic E-state index is 0.177. The first kappa shape index (κ1) is 14.2. The number of nitrogens with one attached hydrogen (secondary N) is 1. The van der Waals surface area contributed by atoms with Crippen molar-refractivity contribution in [3.8, 4) is 0 Å². The van der Waals surface area contributed by atoms with Crippen LogP contribution < -0.4 is 5.32 Å². The minimum atomic E-state index is -0.688. The summed E-state index contributed by atoms with van der Waals surface area (Å²) in [4.78, 5) is 11.9. The first-order chi connectivity index (χ1) is 9.51. The van der Waals surface area contributed by atoms with E-state index in [2.05, 4.69) is 5.32 Å². The number of hydrogen-bond acceptors (Lipinski definition) is 2. The Balaban J connectivity index is 2.10. The van der Waals surface area contributed by atoms with Crippen molar-refractivity contribution in [2.24, 2.45) is 0 Å². The van der Waals surface area contributed by atoms with Gasteiger partial charge in [-0.1, -0.05) is 13.0 Å². The number of rotatable bonds is 4. The molecule has 0 saturated carbocycles. The third-order valence-electron chi connectivity index (χ3n) is 3.01. The molecule has 0 aliphatic rings. The van der Waals surface area contributed by atoms with Crippen LogP contribution in [0.4, 0.5) is 8.78 Å². The minimum Gasteiger partial charge on any atom is -0.456 e. The van der Waals surface area contributed by atoms with Gasteiger partial charge in [0.2, 0.25) is 0 Å². The van der Waals surface area contributed by atoms with Gasteiger partial charge >= 0.3 is 0 Å². The SMILES string of the molecule is CCc1ccc(C(=O)NC(C)c2ccc(F)cc2F)o1. The molecule has 1 unspecified atom stereocenters. The normalized spacial score (nSPS) is 12.2. The molecule has 1 atom stereocenters. The maximum Gasteiger partial charge on any atom is 0.287 e. The molecular formula is C15H15F2NO2. The highest BCUT2D eigenvalue weighted by Crippen LogP contribution is 2.18. The summed E-state index contributed by atoms with van der Waals surface area (Å²) in [6, 6.07) is 5.97. The highest BCUT2D eigenvalue weighted by molar-refractivity contribution is 5.91. The lowest BCUT2D eigenvalue weighted by atomic mass is 10.1. The molecule has 1 aromatic heterocycles. The number of carbonyl (C=O) groups is 1. The molecule has 0 bridgehead atoms. The fourth-order valence-corrected chi connectivity index (χ4v) is 1.89. The number of furan rings is 1. The first-order valence-corrected chi connectivity index (χ1v) is 6.35. The van der Waals surface area contributed by atoms with E-state index >= 15 is 0 Å². The topological polar surface area (TPSA) is 42.2 Å². The number of hydrogen-bond donors (Lipinski definition) is 1. The van der Waals surface area contributed by atoms with E-state index in [1.807, 2.05) is 6.92 Å². The zero-order valence-electron chi connectivity index (χ0n) is 11.2. The van der Waals surface area contributed by atoms with E-state index in [0.717, 1.165) is 12.1 Å². The first-order valence-electron chi connectivity index (χ1n) is 6.35.